The van der Waals surface area contributed by atoms with Crippen LogP contribution in [0, 0.1) is 5.41 Å². The van der Waals surface area contributed by atoms with E-state index in [1.165, 1.54) is 18.4 Å². The summed E-state index contributed by atoms with van der Waals surface area (Å²) in [4.78, 5) is 0. The zero-order valence-corrected chi connectivity index (χ0v) is 12.2. The second kappa shape index (κ2) is 6.42. The molecule has 0 spiro atoms. The zero-order valence-electron chi connectivity index (χ0n) is 12.2. The lowest BCUT2D eigenvalue weighted by molar-refractivity contribution is 0.0556. The highest BCUT2D eigenvalue weighted by molar-refractivity contribution is 5.37. The van der Waals surface area contributed by atoms with Gasteiger partial charge in [0.05, 0.1) is 0 Å². The first-order chi connectivity index (χ1) is 9.23. The lowest BCUT2D eigenvalue weighted by atomic mass is 9.76. The maximum atomic E-state index is 9.82. The van der Waals surface area contributed by atoms with Crippen molar-refractivity contribution in [2.75, 3.05) is 6.61 Å². The number of hydrogen-bond donors (Lipinski definition) is 1. The van der Waals surface area contributed by atoms with Gasteiger partial charge in [-0.1, -0.05) is 44.9 Å². The Bertz CT molecular complexity index is 371. The summed E-state index contributed by atoms with van der Waals surface area (Å²) in [6.07, 6.45) is 6.70. The van der Waals surface area contributed by atoms with E-state index >= 15 is 0 Å². The Morgan fingerprint density at radius 3 is 2.74 bits per heavy atom. The number of fused-ring (bicyclic) bond motifs is 1. The molecule has 1 aliphatic rings. The van der Waals surface area contributed by atoms with Crippen molar-refractivity contribution in [3.8, 4) is 5.75 Å². The van der Waals surface area contributed by atoms with E-state index in [1.54, 1.807) is 0 Å². The van der Waals surface area contributed by atoms with Gasteiger partial charge in [-0.2, -0.15) is 0 Å². The molecule has 0 radical (unpaired) electrons. The number of para-hydroxylation sites is 1. The molecule has 1 aliphatic heterocycles. The molecule has 1 N–H and O–H groups in total. The Morgan fingerprint density at radius 1 is 1.32 bits per heavy atom. The van der Waals surface area contributed by atoms with Crippen molar-refractivity contribution in [2.24, 2.45) is 5.41 Å². The van der Waals surface area contributed by atoms with Crippen LogP contribution in [0.5, 0.6) is 5.75 Å². The molecule has 0 bridgehead atoms. The molecule has 2 rings (SSSR count). The number of hydrogen-bond acceptors (Lipinski definition) is 2. The van der Waals surface area contributed by atoms with E-state index in [0.717, 1.165) is 31.4 Å². The van der Waals surface area contributed by atoms with E-state index in [2.05, 4.69) is 26.0 Å². The van der Waals surface area contributed by atoms with Gasteiger partial charge < -0.3 is 9.84 Å². The van der Waals surface area contributed by atoms with E-state index in [4.69, 9.17) is 4.74 Å². The first-order valence-electron chi connectivity index (χ1n) is 7.58. The second-order valence-electron chi connectivity index (χ2n) is 5.87. The van der Waals surface area contributed by atoms with Gasteiger partial charge in [0.1, 0.15) is 11.9 Å². The maximum absolute atomic E-state index is 9.82. The highest BCUT2D eigenvalue weighted by atomic mass is 16.5. The number of benzene rings is 1. The van der Waals surface area contributed by atoms with Crippen molar-refractivity contribution < 1.29 is 9.84 Å². The number of ether oxygens (including phenoxy) is 1. The lowest BCUT2D eigenvalue weighted by Gasteiger charge is -2.33. The van der Waals surface area contributed by atoms with Crippen molar-refractivity contribution in [2.45, 2.75) is 58.5 Å². The third kappa shape index (κ3) is 3.30. The van der Waals surface area contributed by atoms with Crippen LogP contribution in [0.15, 0.2) is 24.3 Å². The number of aliphatic hydroxyl groups is 1. The van der Waals surface area contributed by atoms with Gasteiger partial charge in [0.25, 0.3) is 0 Å². The average molecular weight is 262 g/mol. The molecule has 1 aromatic rings. The fraction of sp³-hybridized carbons (Fsp3) is 0.647. The molecule has 2 heteroatoms. The van der Waals surface area contributed by atoms with Gasteiger partial charge in [0, 0.05) is 13.0 Å². The maximum Gasteiger partial charge on any atom is 0.123 e. The van der Waals surface area contributed by atoms with Crippen LogP contribution >= 0.6 is 0 Å². The van der Waals surface area contributed by atoms with Gasteiger partial charge in [-0.15, -0.1) is 0 Å². The molecule has 1 heterocycles. The Hall–Kier alpha value is -1.02. The van der Waals surface area contributed by atoms with E-state index in [9.17, 15) is 5.11 Å². The van der Waals surface area contributed by atoms with Gasteiger partial charge in [0.15, 0.2) is 0 Å². The molecule has 1 aromatic carbocycles. The summed E-state index contributed by atoms with van der Waals surface area (Å²) >= 11 is 0. The highest BCUT2D eigenvalue weighted by Gasteiger charge is 2.34. The molecule has 106 valence electrons. The van der Waals surface area contributed by atoms with Crippen molar-refractivity contribution in [3.05, 3.63) is 29.8 Å². The van der Waals surface area contributed by atoms with E-state index in [1.807, 2.05) is 12.1 Å². The standard InChI is InChI=1S/C17H26O2/c1-3-5-10-17(4-2,13-18)12-15-11-14-8-6-7-9-16(14)19-15/h6-9,15,18H,3-5,10-13H2,1-2H3. The molecule has 0 amide bonds. The van der Waals surface area contributed by atoms with Crippen molar-refractivity contribution in [1.82, 2.24) is 0 Å². The molecule has 19 heavy (non-hydrogen) atoms. The molecule has 0 aromatic heterocycles. The van der Waals surface area contributed by atoms with Gasteiger partial charge in [0.2, 0.25) is 0 Å². The van der Waals surface area contributed by atoms with Gasteiger partial charge >= 0.3 is 0 Å². The molecule has 2 atom stereocenters. The minimum Gasteiger partial charge on any atom is -0.490 e. The van der Waals surface area contributed by atoms with Gasteiger partial charge in [-0.25, -0.2) is 0 Å². The summed E-state index contributed by atoms with van der Waals surface area (Å²) in [5.41, 5.74) is 1.36. The van der Waals surface area contributed by atoms with Crippen molar-refractivity contribution in [3.63, 3.8) is 0 Å². The summed E-state index contributed by atoms with van der Waals surface area (Å²) in [5.74, 6) is 1.03. The highest BCUT2D eigenvalue weighted by Crippen LogP contribution is 2.38. The second-order valence-corrected chi connectivity index (χ2v) is 5.87. The molecule has 0 saturated carbocycles. The first-order valence-corrected chi connectivity index (χ1v) is 7.58. The van der Waals surface area contributed by atoms with Crippen LogP contribution in [0.4, 0.5) is 0 Å². The Balaban J connectivity index is 2.00. The molecule has 0 aliphatic carbocycles. The summed E-state index contributed by atoms with van der Waals surface area (Å²) in [7, 11) is 0. The molecular weight excluding hydrogens is 236 g/mol. The van der Waals surface area contributed by atoms with E-state index < -0.39 is 0 Å². The van der Waals surface area contributed by atoms with E-state index in [0.29, 0.717) is 0 Å². The largest absolute Gasteiger partial charge is 0.490 e. The van der Waals surface area contributed by atoms with Crippen LogP contribution in [0.1, 0.15) is 51.5 Å². The summed E-state index contributed by atoms with van der Waals surface area (Å²) in [5, 5.41) is 9.82. The molecule has 2 unspecified atom stereocenters. The lowest BCUT2D eigenvalue weighted by Crippen LogP contribution is -2.32. The SMILES string of the molecule is CCCCC(CC)(CO)CC1Cc2ccccc2O1. The Morgan fingerprint density at radius 2 is 2.11 bits per heavy atom. The topological polar surface area (TPSA) is 29.5 Å². The number of rotatable bonds is 7. The summed E-state index contributed by atoms with van der Waals surface area (Å²) in [6.45, 7) is 4.67. The molecular formula is C17H26O2. The van der Waals surface area contributed by atoms with Gasteiger partial charge in [-0.3, -0.25) is 0 Å². The minimum atomic E-state index is 0.0444. The van der Waals surface area contributed by atoms with Crippen LogP contribution < -0.4 is 4.74 Å². The molecule has 0 fully saturated rings. The first kappa shape index (κ1) is 14.4. The minimum absolute atomic E-state index is 0.0444. The Labute approximate surface area is 116 Å². The predicted octanol–water partition coefficient (Wildman–Crippen LogP) is 3.96. The fourth-order valence-electron chi connectivity index (χ4n) is 3.08. The monoisotopic (exact) mass is 262 g/mol. The van der Waals surface area contributed by atoms with E-state index in [-0.39, 0.29) is 18.1 Å². The number of unbranched alkanes of at least 4 members (excludes halogenated alkanes) is 1. The molecule has 2 nitrogen and oxygen atoms in total. The average Bonchev–Trinajstić information content (AvgIpc) is 2.85. The van der Waals surface area contributed by atoms with Crippen LogP contribution in [-0.2, 0) is 6.42 Å². The Kier molecular flexibility index (Phi) is 4.87. The predicted molar refractivity (Wildman–Crippen MR) is 78.5 cm³/mol. The fourth-order valence-corrected chi connectivity index (χ4v) is 3.08. The van der Waals surface area contributed by atoms with Crippen LogP contribution in [0.2, 0.25) is 0 Å². The molecule has 0 saturated heterocycles. The normalized spacial score (nSPS) is 20.7. The summed E-state index contributed by atoms with van der Waals surface area (Å²) < 4.78 is 6.03. The van der Waals surface area contributed by atoms with Crippen LogP contribution in [0.3, 0.4) is 0 Å². The smallest absolute Gasteiger partial charge is 0.123 e. The third-order valence-electron chi connectivity index (χ3n) is 4.52. The summed E-state index contributed by atoms with van der Waals surface area (Å²) in [6, 6.07) is 8.29. The third-order valence-corrected chi connectivity index (χ3v) is 4.52. The quantitative estimate of drug-likeness (QED) is 0.806. The van der Waals surface area contributed by atoms with Crippen molar-refractivity contribution >= 4 is 0 Å². The van der Waals surface area contributed by atoms with Crippen LogP contribution in [0.25, 0.3) is 0 Å². The zero-order chi connectivity index (χ0) is 13.7. The van der Waals surface area contributed by atoms with Crippen molar-refractivity contribution in [1.29, 1.82) is 0 Å². The number of aliphatic hydroxyl groups excluding tert-OH is 1. The van der Waals surface area contributed by atoms with Crippen LogP contribution in [-0.4, -0.2) is 17.8 Å². The van der Waals surface area contributed by atoms with Gasteiger partial charge in [-0.05, 0) is 36.3 Å².